The number of nitrogens with zero attached hydrogens (tertiary/aromatic N) is 3. The number of methoxy groups -OCH3 is 2. The summed E-state index contributed by atoms with van der Waals surface area (Å²) >= 11 is 0. The highest BCUT2D eigenvalue weighted by Crippen LogP contribution is 2.33. The van der Waals surface area contributed by atoms with E-state index in [9.17, 15) is 4.79 Å². The van der Waals surface area contributed by atoms with Gasteiger partial charge in [-0.05, 0) is 60.9 Å². The van der Waals surface area contributed by atoms with Crippen LogP contribution in [0.15, 0.2) is 79.0 Å². The van der Waals surface area contributed by atoms with Crippen molar-refractivity contribution in [3.8, 4) is 28.4 Å². The number of carbonyl (C=O) groups excluding carboxylic acids is 1. The molecule has 0 unspecified atom stereocenters. The molecule has 184 valence electrons. The minimum atomic E-state index is -0.189. The lowest BCUT2D eigenvalue weighted by atomic mass is 10.1. The van der Waals surface area contributed by atoms with Crippen molar-refractivity contribution in [2.45, 2.75) is 19.4 Å². The van der Waals surface area contributed by atoms with Crippen LogP contribution in [0.5, 0.6) is 11.5 Å². The molecule has 0 radical (unpaired) electrons. The SMILES string of the molecule is COc1ccc(-c2nn(-c3ccccc3)cc2C(=O)NCc2ccc(N3CCCC3)cc2)cc1OC. The van der Waals surface area contributed by atoms with E-state index in [-0.39, 0.29) is 5.91 Å². The highest BCUT2D eigenvalue weighted by atomic mass is 16.5. The van der Waals surface area contributed by atoms with E-state index < -0.39 is 0 Å². The molecular formula is C29H30N4O3. The van der Waals surface area contributed by atoms with Crippen LogP contribution in [0.2, 0.25) is 0 Å². The molecule has 0 bridgehead atoms. The van der Waals surface area contributed by atoms with E-state index in [4.69, 9.17) is 14.6 Å². The van der Waals surface area contributed by atoms with Crippen LogP contribution >= 0.6 is 0 Å². The molecule has 7 nitrogen and oxygen atoms in total. The number of nitrogens with one attached hydrogen (secondary N) is 1. The summed E-state index contributed by atoms with van der Waals surface area (Å²) in [5, 5.41) is 7.84. The Balaban J connectivity index is 1.41. The van der Waals surface area contributed by atoms with Gasteiger partial charge in [-0.1, -0.05) is 30.3 Å². The van der Waals surface area contributed by atoms with E-state index in [1.165, 1.54) is 18.5 Å². The van der Waals surface area contributed by atoms with Crippen LogP contribution in [0.3, 0.4) is 0 Å². The number of ether oxygens (including phenoxy) is 2. The molecule has 0 spiro atoms. The van der Waals surface area contributed by atoms with Crippen LogP contribution in [-0.4, -0.2) is 43.0 Å². The third-order valence-corrected chi connectivity index (χ3v) is 6.50. The predicted molar refractivity (Wildman–Crippen MR) is 141 cm³/mol. The van der Waals surface area contributed by atoms with E-state index in [0.717, 1.165) is 29.9 Å². The Labute approximate surface area is 211 Å². The molecule has 0 aliphatic carbocycles. The maximum atomic E-state index is 13.4. The minimum Gasteiger partial charge on any atom is -0.493 e. The third kappa shape index (κ3) is 4.91. The van der Waals surface area contributed by atoms with Crippen molar-refractivity contribution in [1.29, 1.82) is 0 Å². The fourth-order valence-corrected chi connectivity index (χ4v) is 4.53. The van der Waals surface area contributed by atoms with Crippen LogP contribution in [0, 0.1) is 0 Å². The maximum absolute atomic E-state index is 13.4. The molecule has 1 fully saturated rings. The van der Waals surface area contributed by atoms with Gasteiger partial charge in [0.05, 0.1) is 25.5 Å². The van der Waals surface area contributed by atoms with Gasteiger partial charge in [0.15, 0.2) is 11.5 Å². The smallest absolute Gasteiger partial charge is 0.255 e. The summed E-state index contributed by atoms with van der Waals surface area (Å²) in [5.41, 5.74) is 4.98. The second kappa shape index (κ2) is 10.6. The van der Waals surface area contributed by atoms with Gasteiger partial charge in [0.1, 0.15) is 5.69 Å². The van der Waals surface area contributed by atoms with Crippen molar-refractivity contribution in [1.82, 2.24) is 15.1 Å². The normalized spacial score (nSPS) is 13.0. The molecule has 0 atom stereocenters. The van der Waals surface area contributed by atoms with Gasteiger partial charge in [0.2, 0.25) is 0 Å². The van der Waals surface area contributed by atoms with E-state index in [1.54, 1.807) is 25.1 Å². The van der Waals surface area contributed by atoms with Crippen LogP contribution in [0.25, 0.3) is 16.9 Å². The fraction of sp³-hybridized carbons (Fsp3) is 0.241. The Kier molecular flexibility index (Phi) is 6.89. The van der Waals surface area contributed by atoms with Crippen molar-refractivity contribution in [2.75, 3.05) is 32.2 Å². The first-order valence-corrected chi connectivity index (χ1v) is 12.2. The van der Waals surface area contributed by atoms with Crippen molar-refractivity contribution in [2.24, 2.45) is 0 Å². The Morgan fingerprint density at radius 1 is 0.889 bits per heavy atom. The molecule has 4 aromatic rings. The lowest BCUT2D eigenvalue weighted by molar-refractivity contribution is 0.0951. The first-order chi connectivity index (χ1) is 17.7. The van der Waals surface area contributed by atoms with Crippen molar-refractivity contribution in [3.05, 3.63) is 90.1 Å². The standard InChI is InChI=1S/C29H30N4O3/c1-35-26-15-12-22(18-27(26)36-2)28-25(20-33(31-28)24-8-4-3-5-9-24)29(34)30-19-21-10-13-23(14-11-21)32-16-6-7-17-32/h3-5,8-15,18,20H,6-7,16-17,19H2,1-2H3,(H,30,34). The minimum absolute atomic E-state index is 0.189. The number of para-hydroxylation sites is 1. The summed E-state index contributed by atoms with van der Waals surface area (Å²) in [6.07, 6.45) is 4.26. The molecule has 1 N–H and O–H groups in total. The van der Waals surface area contributed by atoms with Gasteiger partial charge < -0.3 is 19.7 Å². The second-order valence-electron chi connectivity index (χ2n) is 8.78. The van der Waals surface area contributed by atoms with Crippen molar-refractivity contribution in [3.63, 3.8) is 0 Å². The average Bonchev–Trinajstić information content (AvgIpc) is 3.63. The summed E-state index contributed by atoms with van der Waals surface area (Å²) in [5.74, 6) is 1.01. The lowest BCUT2D eigenvalue weighted by Gasteiger charge is -2.17. The van der Waals surface area contributed by atoms with E-state index in [2.05, 4.69) is 34.5 Å². The molecule has 1 amide bonds. The molecule has 36 heavy (non-hydrogen) atoms. The highest BCUT2D eigenvalue weighted by Gasteiger charge is 2.20. The van der Waals surface area contributed by atoms with Gasteiger partial charge in [-0.3, -0.25) is 4.79 Å². The zero-order valence-electron chi connectivity index (χ0n) is 20.6. The Morgan fingerprint density at radius 2 is 1.61 bits per heavy atom. The van der Waals surface area contributed by atoms with E-state index >= 15 is 0 Å². The van der Waals surface area contributed by atoms with Crippen molar-refractivity contribution < 1.29 is 14.3 Å². The molecule has 0 saturated carbocycles. The number of hydrogen-bond donors (Lipinski definition) is 1. The number of aromatic nitrogens is 2. The first kappa shape index (κ1) is 23.5. The van der Waals surface area contributed by atoms with Gasteiger partial charge in [0, 0.05) is 37.1 Å². The van der Waals surface area contributed by atoms with Crippen molar-refractivity contribution >= 4 is 11.6 Å². The van der Waals surface area contributed by atoms with Gasteiger partial charge in [-0.25, -0.2) is 4.68 Å². The second-order valence-corrected chi connectivity index (χ2v) is 8.78. The predicted octanol–water partition coefficient (Wildman–Crippen LogP) is 5.09. The fourth-order valence-electron chi connectivity index (χ4n) is 4.53. The number of carbonyl (C=O) groups is 1. The van der Waals surface area contributed by atoms with Gasteiger partial charge >= 0.3 is 0 Å². The number of amides is 1. The van der Waals surface area contributed by atoms with Crippen LogP contribution in [0.1, 0.15) is 28.8 Å². The maximum Gasteiger partial charge on any atom is 0.255 e. The van der Waals surface area contributed by atoms with Gasteiger partial charge in [-0.15, -0.1) is 0 Å². The molecule has 1 aromatic heterocycles. The Bertz CT molecular complexity index is 1330. The zero-order chi connectivity index (χ0) is 24.9. The molecule has 5 rings (SSSR count). The first-order valence-electron chi connectivity index (χ1n) is 12.2. The number of benzene rings is 3. The third-order valence-electron chi connectivity index (χ3n) is 6.50. The monoisotopic (exact) mass is 482 g/mol. The topological polar surface area (TPSA) is 68.6 Å². The van der Waals surface area contributed by atoms with Crippen LogP contribution in [-0.2, 0) is 6.54 Å². The van der Waals surface area contributed by atoms with E-state index in [0.29, 0.717) is 29.3 Å². The number of anilines is 1. The van der Waals surface area contributed by atoms with Crippen LogP contribution < -0.4 is 19.7 Å². The molecule has 1 saturated heterocycles. The summed E-state index contributed by atoms with van der Waals surface area (Å²) in [7, 11) is 3.19. The quantitative estimate of drug-likeness (QED) is 0.379. The zero-order valence-corrected chi connectivity index (χ0v) is 20.6. The lowest BCUT2D eigenvalue weighted by Crippen LogP contribution is -2.23. The van der Waals surface area contributed by atoms with Gasteiger partial charge in [-0.2, -0.15) is 5.10 Å². The molecular weight excluding hydrogens is 452 g/mol. The molecule has 3 aromatic carbocycles. The largest absolute Gasteiger partial charge is 0.493 e. The van der Waals surface area contributed by atoms with Gasteiger partial charge in [0.25, 0.3) is 5.91 Å². The number of rotatable bonds is 8. The molecule has 7 heteroatoms. The number of hydrogen-bond acceptors (Lipinski definition) is 5. The summed E-state index contributed by atoms with van der Waals surface area (Å²) < 4.78 is 12.6. The Hall–Kier alpha value is -4.26. The summed E-state index contributed by atoms with van der Waals surface area (Å²) in [6.45, 7) is 2.65. The highest BCUT2D eigenvalue weighted by molar-refractivity contribution is 6.00. The summed E-state index contributed by atoms with van der Waals surface area (Å²) in [4.78, 5) is 15.8. The van der Waals surface area contributed by atoms with E-state index in [1.807, 2.05) is 48.5 Å². The molecule has 1 aliphatic heterocycles. The average molecular weight is 483 g/mol. The summed E-state index contributed by atoms with van der Waals surface area (Å²) in [6, 6.07) is 23.7. The van der Waals surface area contributed by atoms with Crippen LogP contribution in [0.4, 0.5) is 5.69 Å². The Morgan fingerprint density at radius 3 is 2.31 bits per heavy atom. The molecule has 1 aliphatic rings. The molecule has 2 heterocycles.